The Hall–Kier alpha value is -0.620. The molecule has 1 amide bonds. The molecular formula is C17H28ClN3OS. The molecule has 23 heavy (non-hydrogen) atoms. The van der Waals surface area contributed by atoms with Crippen molar-refractivity contribution in [3.05, 3.63) is 22.4 Å². The fourth-order valence-electron chi connectivity index (χ4n) is 3.56. The van der Waals surface area contributed by atoms with Gasteiger partial charge in [-0.2, -0.15) is 0 Å². The molecule has 6 heteroatoms. The average Bonchev–Trinajstić information content (AvgIpc) is 3.07. The summed E-state index contributed by atoms with van der Waals surface area (Å²) in [7, 11) is 0. The highest BCUT2D eigenvalue weighted by Crippen LogP contribution is 2.20. The number of piperidine rings is 2. The highest BCUT2D eigenvalue weighted by Gasteiger charge is 2.24. The molecule has 2 fully saturated rings. The zero-order chi connectivity index (χ0) is 15.2. The lowest BCUT2D eigenvalue weighted by molar-refractivity contribution is -0.126. The maximum absolute atomic E-state index is 12.2. The summed E-state index contributed by atoms with van der Waals surface area (Å²) in [4.78, 5) is 16.2. The van der Waals surface area contributed by atoms with E-state index in [0.29, 0.717) is 5.92 Å². The van der Waals surface area contributed by atoms with Crippen molar-refractivity contribution in [2.24, 2.45) is 11.8 Å². The Kier molecular flexibility index (Phi) is 7.83. The third-order valence-electron chi connectivity index (χ3n) is 4.84. The number of hydrogen-bond acceptors (Lipinski definition) is 4. The van der Waals surface area contributed by atoms with Gasteiger partial charge in [-0.3, -0.25) is 9.69 Å². The van der Waals surface area contributed by atoms with Gasteiger partial charge < -0.3 is 10.6 Å². The summed E-state index contributed by atoms with van der Waals surface area (Å²) in [6, 6.07) is 4.34. The molecule has 0 bridgehead atoms. The van der Waals surface area contributed by atoms with Crippen LogP contribution in [0.3, 0.4) is 0 Å². The predicted octanol–water partition coefficient (Wildman–Crippen LogP) is 2.50. The van der Waals surface area contributed by atoms with Crippen molar-refractivity contribution < 1.29 is 4.79 Å². The molecule has 3 rings (SSSR count). The van der Waals surface area contributed by atoms with Gasteiger partial charge in [0.1, 0.15) is 0 Å². The minimum Gasteiger partial charge on any atom is -0.356 e. The summed E-state index contributed by atoms with van der Waals surface area (Å²) in [5.41, 5.74) is 0. The van der Waals surface area contributed by atoms with Crippen molar-refractivity contribution in [2.45, 2.75) is 32.2 Å². The zero-order valence-corrected chi connectivity index (χ0v) is 15.3. The van der Waals surface area contributed by atoms with Crippen molar-refractivity contribution in [1.29, 1.82) is 0 Å². The molecule has 0 saturated carbocycles. The van der Waals surface area contributed by atoms with Gasteiger partial charge in [-0.1, -0.05) is 6.07 Å². The largest absolute Gasteiger partial charge is 0.356 e. The first-order chi connectivity index (χ1) is 10.8. The summed E-state index contributed by atoms with van der Waals surface area (Å²) >= 11 is 1.84. The Morgan fingerprint density at radius 2 is 2.17 bits per heavy atom. The number of rotatable bonds is 5. The molecule has 130 valence electrons. The van der Waals surface area contributed by atoms with Gasteiger partial charge in [0, 0.05) is 30.4 Å². The van der Waals surface area contributed by atoms with Crippen LogP contribution in [0.4, 0.5) is 0 Å². The van der Waals surface area contributed by atoms with Gasteiger partial charge in [0.15, 0.2) is 0 Å². The smallest absolute Gasteiger partial charge is 0.223 e. The Morgan fingerprint density at radius 1 is 1.35 bits per heavy atom. The van der Waals surface area contributed by atoms with E-state index in [1.807, 2.05) is 11.3 Å². The van der Waals surface area contributed by atoms with Crippen molar-refractivity contribution in [1.82, 2.24) is 15.5 Å². The van der Waals surface area contributed by atoms with Gasteiger partial charge in [-0.05, 0) is 62.7 Å². The van der Waals surface area contributed by atoms with E-state index in [9.17, 15) is 4.79 Å². The van der Waals surface area contributed by atoms with Crippen LogP contribution < -0.4 is 10.6 Å². The van der Waals surface area contributed by atoms with Crippen molar-refractivity contribution >= 4 is 29.7 Å². The number of amides is 1. The number of nitrogens with one attached hydrogen (secondary N) is 2. The third-order valence-corrected chi connectivity index (χ3v) is 5.70. The second kappa shape index (κ2) is 9.62. The van der Waals surface area contributed by atoms with Crippen LogP contribution in [0.15, 0.2) is 17.5 Å². The van der Waals surface area contributed by atoms with Crippen LogP contribution in [-0.4, -0.2) is 43.5 Å². The van der Waals surface area contributed by atoms with E-state index in [0.717, 1.165) is 45.6 Å². The first kappa shape index (κ1) is 18.7. The Balaban J connectivity index is 0.00000192. The summed E-state index contributed by atoms with van der Waals surface area (Å²) in [6.45, 7) is 6.19. The number of hydrogen-bond donors (Lipinski definition) is 2. The average molecular weight is 358 g/mol. The Morgan fingerprint density at radius 3 is 2.91 bits per heavy atom. The molecule has 1 atom stereocenters. The highest BCUT2D eigenvalue weighted by molar-refractivity contribution is 7.09. The molecule has 0 aromatic carbocycles. The first-order valence-corrected chi connectivity index (χ1v) is 9.42. The molecule has 4 nitrogen and oxygen atoms in total. The summed E-state index contributed by atoms with van der Waals surface area (Å²) < 4.78 is 0. The van der Waals surface area contributed by atoms with Crippen LogP contribution in [0.25, 0.3) is 0 Å². The van der Waals surface area contributed by atoms with Gasteiger partial charge in [-0.25, -0.2) is 0 Å². The Labute approximate surface area is 149 Å². The summed E-state index contributed by atoms with van der Waals surface area (Å²) in [5, 5.41) is 8.68. The van der Waals surface area contributed by atoms with Crippen LogP contribution in [0, 0.1) is 11.8 Å². The number of carbonyl (C=O) groups excluding carboxylic acids is 1. The number of carbonyl (C=O) groups is 1. The lowest BCUT2D eigenvalue weighted by Gasteiger charge is -2.33. The molecule has 2 saturated heterocycles. The molecular weight excluding hydrogens is 330 g/mol. The molecule has 0 radical (unpaired) electrons. The highest BCUT2D eigenvalue weighted by atomic mass is 35.5. The van der Waals surface area contributed by atoms with Crippen LogP contribution in [0.2, 0.25) is 0 Å². The van der Waals surface area contributed by atoms with Crippen molar-refractivity contribution in [3.63, 3.8) is 0 Å². The molecule has 3 heterocycles. The second-order valence-electron chi connectivity index (χ2n) is 6.59. The molecule has 2 aliphatic heterocycles. The van der Waals surface area contributed by atoms with E-state index in [2.05, 4.69) is 33.0 Å². The minimum absolute atomic E-state index is 0. The topological polar surface area (TPSA) is 44.4 Å². The van der Waals surface area contributed by atoms with Gasteiger partial charge in [0.25, 0.3) is 0 Å². The predicted molar refractivity (Wildman–Crippen MR) is 98.2 cm³/mol. The minimum atomic E-state index is 0. The number of likely N-dealkylation sites (tertiary alicyclic amines) is 1. The maximum Gasteiger partial charge on any atom is 0.223 e. The number of halogens is 1. The Bertz CT molecular complexity index is 462. The third kappa shape index (κ3) is 5.75. The van der Waals surface area contributed by atoms with Gasteiger partial charge >= 0.3 is 0 Å². The molecule has 1 aromatic heterocycles. The molecule has 0 aliphatic carbocycles. The molecule has 1 unspecified atom stereocenters. The van der Waals surface area contributed by atoms with Crippen LogP contribution >= 0.6 is 23.7 Å². The van der Waals surface area contributed by atoms with E-state index in [-0.39, 0.29) is 24.2 Å². The number of nitrogens with zero attached hydrogens (tertiary/aromatic N) is 1. The van der Waals surface area contributed by atoms with Crippen LogP contribution in [0.5, 0.6) is 0 Å². The van der Waals surface area contributed by atoms with E-state index in [1.165, 1.54) is 24.3 Å². The lowest BCUT2D eigenvalue weighted by atomic mass is 9.95. The zero-order valence-electron chi connectivity index (χ0n) is 13.6. The first-order valence-electron chi connectivity index (χ1n) is 8.54. The molecule has 2 N–H and O–H groups in total. The molecule has 2 aliphatic rings. The SMILES string of the molecule is Cl.O=C(NCC1CCCN(Cc2cccs2)C1)C1CCNCC1. The second-order valence-corrected chi connectivity index (χ2v) is 7.62. The molecule has 0 spiro atoms. The standard InChI is InChI=1S/C17H27N3OS.ClH/c21-17(15-5-7-18-8-6-15)19-11-14-3-1-9-20(12-14)13-16-4-2-10-22-16;/h2,4,10,14-15,18H,1,3,5-9,11-13H2,(H,19,21);1H. The number of thiophene rings is 1. The normalized spacial score (nSPS) is 23.2. The van der Waals surface area contributed by atoms with Crippen molar-refractivity contribution in [3.8, 4) is 0 Å². The summed E-state index contributed by atoms with van der Waals surface area (Å²) in [5.74, 6) is 1.11. The van der Waals surface area contributed by atoms with Gasteiger partial charge in [-0.15, -0.1) is 23.7 Å². The van der Waals surface area contributed by atoms with Gasteiger partial charge in [0.2, 0.25) is 5.91 Å². The monoisotopic (exact) mass is 357 g/mol. The van der Waals surface area contributed by atoms with E-state index in [1.54, 1.807) is 0 Å². The van der Waals surface area contributed by atoms with E-state index < -0.39 is 0 Å². The van der Waals surface area contributed by atoms with Crippen LogP contribution in [-0.2, 0) is 11.3 Å². The summed E-state index contributed by atoms with van der Waals surface area (Å²) in [6.07, 6.45) is 4.47. The maximum atomic E-state index is 12.2. The van der Waals surface area contributed by atoms with E-state index in [4.69, 9.17) is 0 Å². The quantitative estimate of drug-likeness (QED) is 0.851. The molecule has 1 aromatic rings. The van der Waals surface area contributed by atoms with Crippen molar-refractivity contribution in [2.75, 3.05) is 32.7 Å². The van der Waals surface area contributed by atoms with Gasteiger partial charge in [0.05, 0.1) is 0 Å². The van der Waals surface area contributed by atoms with Crippen LogP contribution in [0.1, 0.15) is 30.6 Å². The van der Waals surface area contributed by atoms with E-state index >= 15 is 0 Å². The fraction of sp³-hybridized carbons (Fsp3) is 0.706. The lowest BCUT2D eigenvalue weighted by Crippen LogP contribution is -2.43. The fourth-order valence-corrected chi connectivity index (χ4v) is 4.30.